The van der Waals surface area contributed by atoms with E-state index in [1.54, 1.807) is 23.6 Å². The van der Waals surface area contributed by atoms with E-state index in [2.05, 4.69) is 0 Å². The summed E-state index contributed by atoms with van der Waals surface area (Å²) in [5, 5.41) is 0. The van der Waals surface area contributed by atoms with Gasteiger partial charge in [0, 0.05) is 37.8 Å². The number of piperidine rings is 1. The van der Waals surface area contributed by atoms with Crippen molar-refractivity contribution in [3.8, 4) is 5.75 Å². The topological polar surface area (TPSA) is 88.6 Å². The summed E-state index contributed by atoms with van der Waals surface area (Å²) in [4.78, 5) is 46.1. The minimum atomic E-state index is -1.02. The fourth-order valence-electron chi connectivity index (χ4n) is 6.04. The highest BCUT2D eigenvalue weighted by Gasteiger charge is 2.42. The lowest BCUT2D eigenvalue weighted by Gasteiger charge is -2.42. The molecule has 2 aromatic carbocycles. The third-order valence-corrected chi connectivity index (χ3v) is 8.22. The maximum Gasteiger partial charge on any atom is 0.410 e. The van der Waals surface area contributed by atoms with Gasteiger partial charge in [0.2, 0.25) is 0 Å². The zero-order valence-electron chi connectivity index (χ0n) is 28.4. The molecule has 2 aromatic rings. The maximum absolute atomic E-state index is 14.3. The molecule has 2 heterocycles. The molecule has 0 saturated carbocycles. The smallest absolute Gasteiger partial charge is 0.410 e. The molecule has 2 aliphatic rings. The zero-order chi connectivity index (χ0) is 32.9. The monoisotopic (exact) mass is 621 g/mol. The number of hydrogen-bond acceptors (Lipinski definition) is 6. The van der Waals surface area contributed by atoms with Crippen LogP contribution in [0.2, 0.25) is 0 Å². The van der Waals surface area contributed by atoms with Gasteiger partial charge in [-0.15, -0.1) is 0 Å². The van der Waals surface area contributed by atoms with Gasteiger partial charge in [-0.05, 0) is 104 Å². The van der Waals surface area contributed by atoms with Crippen molar-refractivity contribution in [3.05, 3.63) is 59.2 Å². The van der Waals surface area contributed by atoms with Gasteiger partial charge in [-0.2, -0.15) is 0 Å². The third-order valence-electron chi connectivity index (χ3n) is 8.22. The van der Waals surface area contributed by atoms with Crippen LogP contribution in [0.25, 0.3) is 0 Å². The molecule has 9 heteroatoms. The lowest BCUT2D eigenvalue weighted by molar-refractivity contribution is -0.132. The number of ether oxygens (including phenoxy) is 3. The number of aryl methyl sites for hydroxylation is 1. The number of amides is 3. The Bertz CT molecular complexity index is 1350. The first-order valence-electron chi connectivity index (χ1n) is 16.3. The van der Waals surface area contributed by atoms with Crippen molar-refractivity contribution < 1.29 is 28.6 Å². The Balaban J connectivity index is 1.51. The fraction of sp³-hybridized carbons (Fsp3) is 0.583. The van der Waals surface area contributed by atoms with Gasteiger partial charge >= 0.3 is 6.09 Å². The number of rotatable bonds is 10. The largest absolute Gasteiger partial charge is 0.476 e. The van der Waals surface area contributed by atoms with Crippen molar-refractivity contribution in [1.29, 1.82) is 0 Å². The predicted octanol–water partition coefficient (Wildman–Crippen LogP) is 6.75. The average molecular weight is 622 g/mol. The normalized spacial score (nSPS) is 18.0. The van der Waals surface area contributed by atoms with Crippen LogP contribution in [0.4, 0.5) is 10.5 Å². The highest BCUT2D eigenvalue weighted by molar-refractivity contribution is 6.05. The van der Waals surface area contributed by atoms with Crippen molar-refractivity contribution in [2.75, 3.05) is 31.1 Å². The summed E-state index contributed by atoms with van der Waals surface area (Å²) in [7, 11) is 0. The Kier molecular flexibility index (Phi) is 10.8. The summed E-state index contributed by atoms with van der Waals surface area (Å²) in [6, 6.07) is 13.5. The van der Waals surface area contributed by atoms with E-state index in [1.807, 2.05) is 88.9 Å². The number of nitrogens with zero attached hydrogens (tertiary/aromatic N) is 3. The Hall–Kier alpha value is -3.59. The molecule has 0 bridgehead atoms. The van der Waals surface area contributed by atoms with Crippen LogP contribution in [0.1, 0.15) is 95.6 Å². The molecule has 3 amide bonds. The van der Waals surface area contributed by atoms with Crippen LogP contribution in [0, 0.1) is 6.92 Å². The molecule has 4 rings (SSSR count). The van der Waals surface area contributed by atoms with Crippen LogP contribution in [0.5, 0.6) is 5.75 Å². The molecule has 0 aromatic heterocycles. The van der Waals surface area contributed by atoms with Crippen molar-refractivity contribution in [1.82, 2.24) is 9.80 Å². The highest BCUT2D eigenvalue weighted by Crippen LogP contribution is 2.40. The predicted molar refractivity (Wildman–Crippen MR) is 176 cm³/mol. The van der Waals surface area contributed by atoms with Gasteiger partial charge in [0.1, 0.15) is 11.4 Å². The number of likely N-dealkylation sites (tertiary alicyclic amines) is 1. The summed E-state index contributed by atoms with van der Waals surface area (Å²) in [6.45, 7) is 17.7. The van der Waals surface area contributed by atoms with Crippen molar-refractivity contribution >= 4 is 23.6 Å². The minimum absolute atomic E-state index is 0.0969. The number of unbranched alkanes of at least 4 members (excludes halogenated alkanes) is 1. The molecule has 9 nitrogen and oxygen atoms in total. The number of fused-ring (bicyclic) bond motifs is 1. The fourth-order valence-corrected chi connectivity index (χ4v) is 6.04. The summed E-state index contributed by atoms with van der Waals surface area (Å²) >= 11 is 0. The van der Waals surface area contributed by atoms with Crippen LogP contribution in [0.3, 0.4) is 0 Å². The Morgan fingerprint density at radius 3 is 2.49 bits per heavy atom. The molecular formula is C36H51N3O6. The summed E-state index contributed by atoms with van der Waals surface area (Å²) in [6.07, 6.45) is 2.76. The molecule has 45 heavy (non-hydrogen) atoms. The standard InChI is InChI=1S/C36H51N3O6/c1-25(2)39(28-17-14-18-37(23-28)34(42)45-35(4,5)6)32(40)29-22-30-31(21-26(29)3)44-36(7,8)33(41)38(30)19-12-13-20-43-24-27-15-10-9-11-16-27/h9-11,15-16,21-22,25,28H,12-14,17-20,23-24H2,1-8H3/t28-/m1/s1. The van der Waals surface area contributed by atoms with Gasteiger partial charge in [0.15, 0.2) is 5.60 Å². The molecule has 1 fully saturated rings. The molecule has 0 unspecified atom stereocenters. The van der Waals surface area contributed by atoms with Crippen LogP contribution in [-0.2, 0) is 20.9 Å². The summed E-state index contributed by atoms with van der Waals surface area (Å²) in [5.74, 6) is 0.343. The van der Waals surface area contributed by atoms with Gasteiger partial charge in [-0.3, -0.25) is 9.59 Å². The minimum Gasteiger partial charge on any atom is -0.476 e. The van der Waals surface area contributed by atoms with E-state index in [-0.39, 0.29) is 30.0 Å². The highest BCUT2D eigenvalue weighted by atomic mass is 16.6. The van der Waals surface area contributed by atoms with Crippen molar-refractivity contribution in [3.63, 3.8) is 0 Å². The number of anilines is 1. The first kappa shape index (κ1) is 34.3. The lowest BCUT2D eigenvalue weighted by Crippen LogP contribution is -2.55. The van der Waals surface area contributed by atoms with Crippen LogP contribution >= 0.6 is 0 Å². The number of carbonyl (C=O) groups is 3. The Labute approximate surface area is 268 Å². The molecule has 246 valence electrons. The van der Waals surface area contributed by atoms with Gasteiger partial charge < -0.3 is 28.9 Å². The van der Waals surface area contributed by atoms with Crippen LogP contribution in [0.15, 0.2) is 42.5 Å². The summed E-state index contributed by atoms with van der Waals surface area (Å²) < 4.78 is 17.7. The van der Waals surface area contributed by atoms with Gasteiger partial charge in [-0.25, -0.2) is 4.79 Å². The molecule has 0 radical (unpaired) electrons. The maximum atomic E-state index is 14.3. The SMILES string of the molecule is Cc1cc2c(cc1C(=O)N(C(C)C)[C@@H]1CCCN(C(=O)OC(C)(C)C)C1)N(CCCCOCc1ccccc1)C(=O)C(C)(C)O2. The molecular weight excluding hydrogens is 570 g/mol. The zero-order valence-corrected chi connectivity index (χ0v) is 28.4. The molecule has 2 aliphatic heterocycles. The summed E-state index contributed by atoms with van der Waals surface area (Å²) in [5.41, 5.74) is 1.44. The Morgan fingerprint density at radius 2 is 1.82 bits per heavy atom. The second-order valence-corrected chi connectivity index (χ2v) is 14.0. The quantitative estimate of drug-likeness (QED) is 0.273. The van der Waals surface area contributed by atoms with E-state index in [0.29, 0.717) is 49.8 Å². The number of hydrogen-bond donors (Lipinski definition) is 0. The van der Waals surface area contributed by atoms with E-state index >= 15 is 0 Å². The molecule has 0 spiro atoms. The third kappa shape index (κ3) is 8.57. The van der Waals surface area contributed by atoms with E-state index in [1.165, 1.54) is 0 Å². The lowest BCUT2D eigenvalue weighted by atomic mass is 9.97. The first-order valence-corrected chi connectivity index (χ1v) is 16.3. The second kappa shape index (κ2) is 14.2. The van der Waals surface area contributed by atoms with E-state index < -0.39 is 11.2 Å². The van der Waals surface area contributed by atoms with E-state index in [0.717, 1.165) is 36.8 Å². The van der Waals surface area contributed by atoms with Crippen molar-refractivity contribution in [2.45, 2.75) is 111 Å². The van der Waals surface area contributed by atoms with Gasteiger partial charge in [0.05, 0.1) is 18.3 Å². The molecule has 0 N–H and O–H groups in total. The van der Waals surface area contributed by atoms with E-state index in [4.69, 9.17) is 14.2 Å². The first-order chi connectivity index (χ1) is 21.2. The Morgan fingerprint density at radius 1 is 1.11 bits per heavy atom. The molecule has 0 aliphatic carbocycles. The molecule has 1 atom stereocenters. The number of benzene rings is 2. The van der Waals surface area contributed by atoms with Gasteiger partial charge in [-0.1, -0.05) is 30.3 Å². The van der Waals surface area contributed by atoms with Crippen LogP contribution in [-0.4, -0.2) is 77.2 Å². The molecule has 1 saturated heterocycles. The van der Waals surface area contributed by atoms with Crippen molar-refractivity contribution in [2.24, 2.45) is 0 Å². The van der Waals surface area contributed by atoms with Gasteiger partial charge in [0.25, 0.3) is 11.8 Å². The second-order valence-electron chi connectivity index (χ2n) is 14.0. The average Bonchev–Trinajstić information content (AvgIpc) is 2.96. The van der Waals surface area contributed by atoms with E-state index in [9.17, 15) is 14.4 Å². The number of carbonyl (C=O) groups excluding carboxylic acids is 3. The van der Waals surface area contributed by atoms with Crippen LogP contribution < -0.4 is 9.64 Å².